The summed E-state index contributed by atoms with van der Waals surface area (Å²) in [5.74, 6) is -0.817. The monoisotopic (exact) mass is 451 g/mol. The van der Waals surface area contributed by atoms with Crippen molar-refractivity contribution in [2.24, 2.45) is 11.0 Å². The summed E-state index contributed by atoms with van der Waals surface area (Å²) in [5.41, 5.74) is 4.57. The molecule has 0 spiro atoms. The number of carbonyl (C=O) groups is 2. The van der Waals surface area contributed by atoms with Crippen LogP contribution in [0.25, 0.3) is 6.08 Å². The molecule has 1 aliphatic carbocycles. The van der Waals surface area contributed by atoms with E-state index in [0.717, 1.165) is 41.7 Å². The normalized spacial score (nSPS) is 20.5. The van der Waals surface area contributed by atoms with Gasteiger partial charge in [0.1, 0.15) is 0 Å². The molecule has 1 aliphatic heterocycles. The van der Waals surface area contributed by atoms with Gasteiger partial charge in [0.05, 0.1) is 17.3 Å². The lowest BCUT2D eigenvalue weighted by Crippen LogP contribution is -2.34. The molecule has 2 unspecified atom stereocenters. The molecule has 2 atom stereocenters. The Morgan fingerprint density at radius 2 is 1.76 bits per heavy atom. The van der Waals surface area contributed by atoms with Crippen LogP contribution in [0.2, 0.25) is 0 Å². The van der Waals surface area contributed by atoms with E-state index in [0.29, 0.717) is 5.56 Å². The molecule has 1 amide bonds. The van der Waals surface area contributed by atoms with E-state index in [1.165, 1.54) is 11.2 Å². The fraction of sp³-hybridized carbons (Fsp3) is 0.214. The van der Waals surface area contributed by atoms with Crippen molar-refractivity contribution in [3.05, 3.63) is 107 Å². The molecular formula is C28H25N3O3. The largest absolute Gasteiger partial charge is 0.452 e. The van der Waals surface area contributed by atoms with Crippen LogP contribution in [0.3, 0.4) is 0 Å². The van der Waals surface area contributed by atoms with Crippen molar-refractivity contribution in [3.8, 4) is 0 Å². The molecule has 3 aromatic rings. The van der Waals surface area contributed by atoms with Gasteiger partial charge in [-0.1, -0.05) is 60.7 Å². The number of allylic oxidation sites excluding steroid dienone is 1. The van der Waals surface area contributed by atoms with E-state index >= 15 is 0 Å². The Morgan fingerprint density at radius 3 is 2.50 bits per heavy atom. The molecule has 0 N–H and O–H groups in total. The van der Waals surface area contributed by atoms with Crippen molar-refractivity contribution >= 4 is 23.7 Å². The second-order valence-corrected chi connectivity index (χ2v) is 8.48. The average molecular weight is 452 g/mol. The van der Waals surface area contributed by atoms with Gasteiger partial charge in [0.15, 0.2) is 6.61 Å². The summed E-state index contributed by atoms with van der Waals surface area (Å²) in [6, 6.07) is 23.2. The highest BCUT2D eigenvalue weighted by Crippen LogP contribution is 2.44. The van der Waals surface area contributed by atoms with Crippen LogP contribution in [-0.4, -0.2) is 34.2 Å². The van der Waals surface area contributed by atoms with Crippen molar-refractivity contribution in [2.45, 2.75) is 25.3 Å². The molecule has 5 rings (SSSR count). The Bertz CT molecular complexity index is 1220. The van der Waals surface area contributed by atoms with Crippen LogP contribution in [-0.2, 0) is 9.53 Å². The first-order valence-electron chi connectivity index (χ1n) is 11.5. The zero-order valence-electron chi connectivity index (χ0n) is 18.7. The lowest BCUT2D eigenvalue weighted by molar-refractivity contribution is -0.137. The number of nitrogens with zero attached hydrogens (tertiary/aromatic N) is 3. The number of ether oxygens (including phenoxy) is 1. The van der Waals surface area contributed by atoms with Crippen LogP contribution in [0.5, 0.6) is 0 Å². The van der Waals surface area contributed by atoms with Crippen molar-refractivity contribution in [1.82, 2.24) is 9.99 Å². The van der Waals surface area contributed by atoms with E-state index < -0.39 is 5.97 Å². The quantitative estimate of drug-likeness (QED) is 0.508. The molecule has 6 nitrogen and oxygen atoms in total. The molecule has 0 saturated heterocycles. The molecule has 34 heavy (non-hydrogen) atoms. The number of carbonyl (C=O) groups excluding carboxylic acids is 2. The molecule has 0 bridgehead atoms. The van der Waals surface area contributed by atoms with E-state index in [2.05, 4.69) is 23.2 Å². The molecule has 6 heteroatoms. The number of benzene rings is 2. The van der Waals surface area contributed by atoms with Crippen LogP contribution in [0.4, 0.5) is 0 Å². The number of amides is 1. The lowest BCUT2D eigenvalue weighted by Gasteiger charge is -2.29. The first-order chi connectivity index (χ1) is 16.7. The summed E-state index contributed by atoms with van der Waals surface area (Å²) in [6.07, 6.45) is 8.07. The molecule has 2 aliphatic rings. The highest BCUT2D eigenvalue weighted by atomic mass is 16.5. The summed E-state index contributed by atoms with van der Waals surface area (Å²) < 4.78 is 5.31. The van der Waals surface area contributed by atoms with Crippen LogP contribution < -0.4 is 0 Å². The molecule has 0 radical (unpaired) electrons. The second-order valence-electron chi connectivity index (χ2n) is 8.48. The van der Waals surface area contributed by atoms with Crippen molar-refractivity contribution in [2.75, 3.05) is 6.61 Å². The third-order valence-electron chi connectivity index (χ3n) is 6.26. The van der Waals surface area contributed by atoms with Gasteiger partial charge in [-0.15, -0.1) is 0 Å². The third-order valence-corrected chi connectivity index (χ3v) is 6.26. The van der Waals surface area contributed by atoms with Crippen LogP contribution in [0, 0.1) is 5.92 Å². The maximum atomic E-state index is 13.3. The number of hydrazone groups is 1. The molecular weight excluding hydrogens is 426 g/mol. The molecule has 1 aromatic heterocycles. The number of hydrogen-bond acceptors (Lipinski definition) is 5. The number of aromatic nitrogens is 1. The summed E-state index contributed by atoms with van der Waals surface area (Å²) >= 11 is 0. The van der Waals surface area contributed by atoms with E-state index in [1.54, 1.807) is 18.3 Å². The molecule has 2 aromatic carbocycles. The maximum Gasteiger partial charge on any atom is 0.340 e. The number of pyridine rings is 1. The van der Waals surface area contributed by atoms with Crippen LogP contribution in [0.1, 0.15) is 46.8 Å². The predicted octanol–water partition coefficient (Wildman–Crippen LogP) is 5.06. The van der Waals surface area contributed by atoms with E-state index in [-0.39, 0.29) is 24.5 Å². The zero-order valence-corrected chi connectivity index (χ0v) is 18.7. The van der Waals surface area contributed by atoms with Crippen molar-refractivity contribution in [3.63, 3.8) is 0 Å². The zero-order chi connectivity index (χ0) is 23.3. The summed E-state index contributed by atoms with van der Waals surface area (Å²) in [5, 5.41) is 6.35. The average Bonchev–Trinajstić information content (AvgIpc) is 3.29. The van der Waals surface area contributed by atoms with Gasteiger partial charge in [0.25, 0.3) is 5.91 Å². The first kappa shape index (κ1) is 21.8. The second kappa shape index (κ2) is 9.83. The van der Waals surface area contributed by atoms with Crippen LogP contribution >= 0.6 is 0 Å². The van der Waals surface area contributed by atoms with E-state index in [4.69, 9.17) is 9.84 Å². The Labute approximate surface area is 198 Å². The first-order valence-corrected chi connectivity index (χ1v) is 11.5. The van der Waals surface area contributed by atoms with Gasteiger partial charge in [-0.2, -0.15) is 5.10 Å². The fourth-order valence-corrected chi connectivity index (χ4v) is 4.70. The standard InChI is InChI=1S/C28H25N3O3/c32-25(19-34-28(33)23-14-8-16-29-18-23)31-27(21-11-5-2-6-12-21)24-15-7-13-22(26(24)30-31)17-20-9-3-1-4-10-20/h1-6,8-12,14,16-18,24,27H,7,13,15,19H2. The lowest BCUT2D eigenvalue weighted by atomic mass is 9.77. The van der Waals surface area contributed by atoms with Gasteiger partial charge >= 0.3 is 5.97 Å². The van der Waals surface area contributed by atoms with Gasteiger partial charge in [-0.05, 0) is 54.2 Å². The van der Waals surface area contributed by atoms with E-state index in [1.807, 2.05) is 48.5 Å². The highest BCUT2D eigenvalue weighted by Gasteiger charge is 2.43. The Balaban J connectivity index is 1.43. The minimum absolute atomic E-state index is 0.101. The highest BCUT2D eigenvalue weighted by molar-refractivity contribution is 6.08. The molecule has 1 saturated carbocycles. The smallest absolute Gasteiger partial charge is 0.340 e. The minimum atomic E-state index is -0.577. The van der Waals surface area contributed by atoms with Gasteiger partial charge in [0.2, 0.25) is 0 Å². The van der Waals surface area contributed by atoms with Crippen molar-refractivity contribution in [1.29, 1.82) is 0 Å². The SMILES string of the molecule is O=C(OCC(=O)N1N=C2C(=Cc3ccccc3)CCCC2C1c1ccccc1)c1cccnc1. The summed E-state index contributed by atoms with van der Waals surface area (Å²) in [4.78, 5) is 29.6. The van der Waals surface area contributed by atoms with Crippen LogP contribution in [0.15, 0.2) is 95.9 Å². The Kier molecular flexibility index (Phi) is 6.29. The molecule has 2 heterocycles. The van der Waals surface area contributed by atoms with Gasteiger partial charge in [0, 0.05) is 18.3 Å². The number of esters is 1. The Morgan fingerprint density at radius 1 is 1.00 bits per heavy atom. The van der Waals surface area contributed by atoms with Gasteiger partial charge < -0.3 is 4.74 Å². The molecule has 1 fully saturated rings. The minimum Gasteiger partial charge on any atom is -0.452 e. The number of fused-ring (bicyclic) bond motifs is 1. The number of hydrogen-bond donors (Lipinski definition) is 0. The molecule has 170 valence electrons. The van der Waals surface area contributed by atoms with Crippen molar-refractivity contribution < 1.29 is 14.3 Å². The maximum absolute atomic E-state index is 13.3. The summed E-state index contributed by atoms with van der Waals surface area (Å²) in [7, 11) is 0. The Hall–Kier alpha value is -4.06. The fourth-order valence-electron chi connectivity index (χ4n) is 4.70. The topological polar surface area (TPSA) is 71.9 Å². The number of rotatable bonds is 5. The van der Waals surface area contributed by atoms with E-state index in [9.17, 15) is 9.59 Å². The predicted molar refractivity (Wildman–Crippen MR) is 130 cm³/mol. The van der Waals surface area contributed by atoms with Gasteiger partial charge in [-0.25, -0.2) is 9.80 Å². The van der Waals surface area contributed by atoms with Gasteiger partial charge in [-0.3, -0.25) is 9.78 Å². The third kappa shape index (κ3) is 4.53. The summed E-state index contributed by atoms with van der Waals surface area (Å²) in [6.45, 7) is -0.377.